The third-order valence-electron chi connectivity index (χ3n) is 2.05. The van der Waals surface area contributed by atoms with E-state index in [1.807, 2.05) is 0 Å². The number of hydrogen-bond acceptors (Lipinski definition) is 2. The van der Waals surface area contributed by atoms with Crippen molar-refractivity contribution < 1.29 is 9.18 Å². The summed E-state index contributed by atoms with van der Waals surface area (Å²) in [4.78, 5) is 12.8. The molecule has 1 fully saturated rings. The zero-order valence-electron chi connectivity index (χ0n) is 6.80. The molecular weight excluding hydrogens is 147 g/mol. The Labute approximate surface area is 65.6 Å². The molecule has 11 heavy (non-hydrogen) atoms. The number of carbonyl (C=O) groups is 1. The molecule has 1 N–H and O–H groups in total. The van der Waals surface area contributed by atoms with Crippen LogP contribution in [0, 0.1) is 0 Å². The van der Waals surface area contributed by atoms with E-state index in [0.717, 1.165) is 0 Å². The Morgan fingerprint density at radius 3 is 2.73 bits per heavy atom. The number of carbonyl (C=O) groups excluding carboxylic acids is 1. The first kappa shape index (κ1) is 8.46. The quantitative estimate of drug-likeness (QED) is 0.575. The van der Waals surface area contributed by atoms with E-state index in [2.05, 4.69) is 5.32 Å². The molecule has 0 saturated carbocycles. The maximum absolute atomic E-state index is 12.7. The molecule has 0 radical (unpaired) electrons. The van der Waals surface area contributed by atoms with Crippen LogP contribution in [-0.2, 0) is 4.79 Å². The van der Waals surface area contributed by atoms with Crippen LogP contribution in [0.15, 0.2) is 0 Å². The summed E-state index contributed by atoms with van der Waals surface area (Å²) < 4.78 is 12.7. The molecule has 64 valence electrons. The zero-order chi connectivity index (χ0) is 8.43. The van der Waals surface area contributed by atoms with Gasteiger partial charge >= 0.3 is 0 Å². The molecule has 1 aliphatic heterocycles. The van der Waals surface area contributed by atoms with Crippen molar-refractivity contribution in [2.45, 2.75) is 18.6 Å². The minimum Gasteiger partial charge on any atom is -0.358 e. The van der Waals surface area contributed by atoms with Gasteiger partial charge in [0, 0.05) is 20.0 Å². The van der Waals surface area contributed by atoms with Gasteiger partial charge in [-0.15, -0.1) is 0 Å². The standard InChI is InChI=1S/C7H13FN2O/c1-9-7(11)6-3-5(8)4-10(6)2/h5-6H,3-4H2,1-2H3,(H,9,11)/t5?,6-/m1/s1. The molecule has 1 unspecified atom stereocenters. The third-order valence-corrected chi connectivity index (χ3v) is 2.05. The Kier molecular flexibility index (Phi) is 2.44. The topological polar surface area (TPSA) is 32.3 Å². The monoisotopic (exact) mass is 160 g/mol. The van der Waals surface area contributed by atoms with Crippen molar-refractivity contribution in [3.63, 3.8) is 0 Å². The first-order valence-corrected chi connectivity index (χ1v) is 3.71. The lowest BCUT2D eigenvalue weighted by Crippen LogP contribution is -2.39. The van der Waals surface area contributed by atoms with Crippen LogP contribution in [0.2, 0.25) is 0 Å². The first-order valence-electron chi connectivity index (χ1n) is 3.71. The Bertz CT molecular complexity index is 163. The molecule has 0 aromatic rings. The van der Waals surface area contributed by atoms with E-state index in [1.54, 1.807) is 19.0 Å². The molecule has 1 saturated heterocycles. The predicted molar refractivity (Wildman–Crippen MR) is 40.0 cm³/mol. The zero-order valence-corrected chi connectivity index (χ0v) is 6.80. The van der Waals surface area contributed by atoms with E-state index in [1.165, 1.54) is 0 Å². The van der Waals surface area contributed by atoms with Crippen molar-refractivity contribution in [2.24, 2.45) is 0 Å². The Hall–Kier alpha value is -0.640. The molecule has 0 aliphatic carbocycles. The van der Waals surface area contributed by atoms with Gasteiger partial charge in [0.05, 0.1) is 6.04 Å². The fourth-order valence-electron chi connectivity index (χ4n) is 1.41. The van der Waals surface area contributed by atoms with Gasteiger partial charge < -0.3 is 5.32 Å². The van der Waals surface area contributed by atoms with E-state index in [9.17, 15) is 9.18 Å². The number of halogens is 1. The summed E-state index contributed by atoms with van der Waals surface area (Å²) in [6, 6.07) is -0.269. The maximum Gasteiger partial charge on any atom is 0.237 e. The first-order chi connectivity index (χ1) is 5.15. The molecule has 0 aromatic heterocycles. The molecule has 0 aromatic carbocycles. The Morgan fingerprint density at radius 1 is 1.73 bits per heavy atom. The largest absolute Gasteiger partial charge is 0.358 e. The second kappa shape index (κ2) is 3.17. The summed E-state index contributed by atoms with van der Waals surface area (Å²) in [5.74, 6) is -0.0901. The number of likely N-dealkylation sites (N-methyl/N-ethyl adjacent to an activating group) is 2. The minimum absolute atomic E-state index is 0.0901. The average Bonchev–Trinajstić information content (AvgIpc) is 2.28. The number of nitrogens with one attached hydrogen (secondary N) is 1. The Morgan fingerprint density at radius 2 is 2.36 bits per heavy atom. The second-order valence-corrected chi connectivity index (χ2v) is 2.90. The summed E-state index contributed by atoms with van der Waals surface area (Å²) in [6.07, 6.45) is -0.516. The van der Waals surface area contributed by atoms with Gasteiger partial charge in [0.2, 0.25) is 5.91 Å². The van der Waals surface area contributed by atoms with Gasteiger partial charge in [0.15, 0.2) is 0 Å². The maximum atomic E-state index is 12.7. The number of alkyl halides is 1. The van der Waals surface area contributed by atoms with E-state index >= 15 is 0 Å². The van der Waals surface area contributed by atoms with Crippen LogP contribution >= 0.6 is 0 Å². The van der Waals surface area contributed by atoms with Gasteiger partial charge in [-0.2, -0.15) is 0 Å². The van der Waals surface area contributed by atoms with Gasteiger partial charge in [0.1, 0.15) is 6.17 Å². The minimum atomic E-state index is -0.845. The van der Waals surface area contributed by atoms with Crippen molar-refractivity contribution in [2.75, 3.05) is 20.6 Å². The van der Waals surface area contributed by atoms with Crippen molar-refractivity contribution >= 4 is 5.91 Å². The molecular formula is C7H13FN2O. The van der Waals surface area contributed by atoms with Crippen molar-refractivity contribution in [1.29, 1.82) is 0 Å². The summed E-state index contributed by atoms with van der Waals surface area (Å²) in [5.41, 5.74) is 0. The van der Waals surface area contributed by atoms with E-state index in [-0.39, 0.29) is 11.9 Å². The number of likely N-dealkylation sites (tertiary alicyclic amines) is 1. The van der Waals surface area contributed by atoms with Crippen LogP contribution in [0.3, 0.4) is 0 Å². The lowest BCUT2D eigenvalue weighted by Gasteiger charge is -2.16. The summed E-state index contributed by atoms with van der Waals surface area (Å²) in [6.45, 7) is 0.373. The molecule has 3 nitrogen and oxygen atoms in total. The van der Waals surface area contributed by atoms with Crippen LogP contribution in [0.1, 0.15) is 6.42 Å². The summed E-state index contributed by atoms with van der Waals surface area (Å²) >= 11 is 0. The van der Waals surface area contributed by atoms with Gasteiger partial charge in [-0.05, 0) is 7.05 Å². The summed E-state index contributed by atoms with van der Waals surface area (Å²) in [7, 11) is 3.33. The van der Waals surface area contributed by atoms with Crippen LogP contribution in [0.5, 0.6) is 0 Å². The molecule has 0 bridgehead atoms. The van der Waals surface area contributed by atoms with E-state index in [4.69, 9.17) is 0 Å². The summed E-state index contributed by atoms with van der Waals surface area (Å²) in [5, 5.41) is 2.51. The number of hydrogen-bond donors (Lipinski definition) is 1. The number of nitrogens with zero attached hydrogens (tertiary/aromatic N) is 1. The molecule has 1 aliphatic rings. The van der Waals surface area contributed by atoms with Crippen molar-refractivity contribution in [3.8, 4) is 0 Å². The molecule has 0 spiro atoms. The molecule has 1 heterocycles. The van der Waals surface area contributed by atoms with Crippen molar-refractivity contribution in [3.05, 3.63) is 0 Å². The highest BCUT2D eigenvalue weighted by Gasteiger charge is 2.33. The highest BCUT2D eigenvalue weighted by atomic mass is 19.1. The second-order valence-electron chi connectivity index (χ2n) is 2.90. The fraction of sp³-hybridized carbons (Fsp3) is 0.857. The highest BCUT2D eigenvalue weighted by molar-refractivity contribution is 5.81. The van der Waals surface area contributed by atoms with Gasteiger partial charge in [0.25, 0.3) is 0 Å². The SMILES string of the molecule is CNC(=O)[C@H]1CC(F)CN1C. The Balaban J connectivity index is 2.52. The normalized spacial score (nSPS) is 32.3. The molecule has 1 amide bonds. The number of rotatable bonds is 1. The average molecular weight is 160 g/mol. The molecule has 1 rings (SSSR count). The number of amides is 1. The van der Waals surface area contributed by atoms with Gasteiger partial charge in [-0.25, -0.2) is 4.39 Å². The van der Waals surface area contributed by atoms with Crippen LogP contribution in [0.4, 0.5) is 4.39 Å². The van der Waals surface area contributed by atoms with E-state index < -0.39 is 6.17 Å². The lowest BCUT2D eigenvalue weighted by molar-refractivity contribution is -0.124. The van der Waals surface area contributed by atoms with E-state index in [0.29, 0.717) is 13.0 Å². The molecule has 4 heteroatoms. The lowest BCUT2D eigenvalue weighted by atomic mass is 10.2. The highest BCUT2D eigenvalue weighted by Crippen LogP contribution is 2.17. The van der Waals surface area contributed by atoms with Crippen LogP contribution in [-0.4, -0.2) is 43.7 Å². The fourth-order valence-corrected chi connectivity index (χ4v) is 1.41. The van der Waals surface area contributed by atoms with Crippen molar-refractivity contribution in [1.82, 2.24) is 10.2 Å². The van der Waals surface area contributed by atoms with Crippen LogP contribution < -0.4 is 5.32 Å². The third kappa shape index (κ3) is 1.68. The molecule has 2 atom stereocenters. The smallest absolute Gasteiger partial charge is 0.237 e. The van der Waals surface area contributed by atoms with Gasteiger partial charge in [-0.1, -0.05) is 0 Å². The van der Waals surface area contributed by atoms with Crippen LogP contribution in [0.25, 0.3) is 0 Å². The van der Waals surface area contributed by atoms with Gasteiger partial charge in [-0.3, -0.25) is 9.69 Å². The predicted octanol–water partition coefficient (Wildman–Crippen LogP) is -0.225.